The van der Waals surface area contributed by atoms with Crippen molar-refractivity contribution in [3.05, 3.63) is 107 Å². The second-order valence-electron chi connectivity index (χ2n) is 15.5. The summed E-state index contributed by atoms with van der Waals surface area (Å²) in [5.74, 6) is -2.79. The van der Waals surface area contributed by atoms with Gasteiger partial charge < -0.3 is 30.5 Å². The Kier molecular flexibility index (Phi) is 12.0. The van der Waals surface area contributed by atoms with Gasteiger partial charge in [-0.05, 0) is 85.0 Å². The number of benzene rings is 4. The molecular weight excluding hydrogens is 805 g/mol. The van der Waals surface area contributed by atoms with E-state index in [0.29, 0.717) is 30.9 Å². The summed E-state index contributed by atoms with van der Waals surface area (Å²) in [7, 11) is -3.82. The molecular formula is C44H46N6O10S. The van der Waals surface area contributed by atoms with Crippen LogP contribution in [0.2, 0.25) is 0 Å². The monoisotopic (exact) mass is 850 g/mol. The van der Waals surface area contributed by atoms with Gasteiger partial charge in [-0.15, -0.1) is 0 Å². The van der Waals surface area contributed by atoms with Crippen LogP contribution in [-0.2, 0) is 33.9 Å². The first kappa shape index (κ1) is 41.7. The second-order valence-corrected chi connectivity index (χ2v) is 17.3. The van der Waals surface area contributed by atoms with Crippen molar-refractivity contribution in [2.24, 2.45) is 5.92 Å². The summed E-state index contributed by atoms with van der Waals surface area (Å²) in [6, 6.07) is 23.0. The summed E-state index contributed by atoms with van der Waals surface area (Å²) < 4.78 is 40.7. The van der Waals surface area contributed by atoms with Gasteiger partial charge in [-0.2, -0.15) is 4.31 Å². The van der Waals surface area contributed by atoms with Crippen LogP contribution in [-0.4, -0.2) is 110 Å². The fourth-order valence-electron chi connectivity index (χ4n) is 8.59. The standard InChI is InChI=1S/C44H46N6O10S/c1-26-8-11-30(12-9-26)61(57,58)49-18-16-31-36(24-51)47-34-13-10-28(23-33(34)41(31)49)27-4-2-5-29(22-27)46-39(53)25-60-21-20-59-19-17-45-35-7-3-6-32-40(35)44(56)50(43(32)55)37-14-15-38(52)48-42(37)54/h2-13,22-23,31,36-37,41,45,47,51H,14-21,24-25H2,1H3,(H,46,53)(H,48,52,54)/t31-,36+,37?,41-/m1/s1. The van der Waals surface area contributed by atoms with Crippen molar-refractivity contribution >= 4 is 56.6 Å². The lowest BCUT2D eigenvalue weighted by Gasteiger charge is -2.39. The lowest BCUT2D eigenvalue weighted by molar-refractivity contribution is -0.136. The van der Waals surface area contributed by atoms with E-state index in [1.807, 2.05) is 43.3 Å². The lowest BCUT2D eigenvalue weighted by atomic mass is 9.82. The third kappa shape index (κ3) is 8.39. The molecule has 4 heterocycles. The van der Waals surface area contributed by atoms with Crippen molar-refractivity contribution in [3.8, 4) is 11.1 Å². The molecule has 0 saturated carbocycles. The molecule has 8 rings (SSSR count). The van der Waals surface area contributed by atoms with Crippen molar-refractivity contribution in [2.75, 3.05) is 62.1 Å². The number of ether oxygens (including phenoxy) is 2. The molecule has 4 atom stereocenters. The normalized spacial score (nSPS) is 21.0. The van der Waals surface area contributed by atoms with E-state index >= 15 is 0 Å². The molecule has 1 unspecified atom stereocenters. The van der Waals surface area contributed by atoms with Crippen LogP contribution in [0.3, 0.4) is 0 Å². The zero-order valence-electron chi connectivity index (χ0n) is 33.4. The minimum atomic E-state index is -3.82. The third-order valence-electron chi connectivity index (χ3n) is 11.6. The maximum atomic E-state index is 14.0. The number of amides is 5. The average Bonchev–Trinajstić information content (AvgIpc) is 3.82. The van der Waals surface area contributed by atoms with E-state index in [4.69, 9.17) is 9.47 Å². The van der Waals surface area contributed by atoms with Crippen molar-refractivity contribution in [2.45, 2.75) is 49.2 Å². The molecule has 318 valence electrons. The second kappa shape index (κ2) is 17.6. The zero-order chi connectivity index (χ0) is 42.8. The molecule has 4 aliphatic heterocycles. The van der Waals surface area contributed by atoms with Crippen molar-refractivity contribution in [1.82, 2.24) is 14.5 Å². The molecule has 5 N–H and O–H groups in total. The van der Waals surface area contributed by atoms with Gasteiger partial charge in [0.2, 0.25) is 27.7 Å². The number of piperidine rings is 1. The Morgan fingerprint density at radius 3 is 2.44 bits per heavy atom. The molecule has 16 nitrogen and oxygen atoms in total. The van der Waals surface area contributed by atoms with E-state index in [2.05, 4.69) is 21.3 Å². The maximum Gasteiger partial charge on any atom is 0.264 e. The number of hydrogen-bond donors (Lipinski definition) is 5. The molecule has 4 aromatic carbocycles. The Labute approximate surface area is 352 Å². The highest BCUT2D eigenvalue weighted by Gasteiger charge is 2.49. The fourth-order valence-corrected chi connectivity index (χ4v) is 10.3. The molecule has 0 bridgehead atoms. The van der Waals surface area contributed by atoms with Gasteiger partial charge in [-0.25, -0.2) is 8.42 Å². The highest BCUT2D eigenvalue weighted by atomic mass is 32.2. The Morgan fingerprint density at radius 2 is 1.66 bits per heavy atom. The fraction of sp³-hybridized carbons (Fsp3) is 0.341. The minimum absolute atomic E-state index is 0.0350. The van der Waals surface area contributed by atoms with Crippen LogP contribution in [0.1, 0.15) is 57.1 Å². The summed E-state index contributed by atoms with van der Waals surface area (Å²) in [6.45, 7) is 2.76. The van der Waals surface area contributed by atoms with Crippen LogP contribution in [0, 0.1) is 12.8 Å². The number of carbonyl (C=O) groups excluding carboxylic acids is 5. The maximum absolute atomic E-state index is 14.0. The highest BCUT2D eigenvalue weighted by Crippen LogP contribution is 2.49. The number of hydrogen-bond acceptors (Lipinski definition) is 12. The molecule has 0 aliphatic carbocycles. The lowest BCUT2D eigenvalue weighted by Crippen LogP contribution is -2.54. The number of fused-ring (bicyclic) bond motifs is 4. The number of carbonyl (C=O) groups is 5. The number of sulfonamides is 1. The molecule has 2 fully saturated rings. The molecule has 0 spiro atoms. The van der Waals surface area contributed by atoms with Crippen LogP contribution in [0.5, 0.6) is 0 Å². The number of anilines is 3. The van der Waals surface area contributed by atoms with Gasteiger partial charge in [-0.1, -0.05) is 42.0 Å². The molecule has 4 aromatic rings. The van der Waals surface area contributed by atoms with E-state index in [1.165, 1.54) is 6.07 Å². The van der Waals surface area contributed by atoms with Crippen LogP contribution < -0.4 is 21.3 Å². The molecule has 61 heavy (non-hydrogen) atoms. The zero-order valence-corrected chi connectivity index (χ0v) is 34.2. The number of nitrogens with zero attached hydrogens (tertiary/aromatic N) is 2. The SMILES string of the molecule is Cc1ccc(S(=O)(=O)N2CC[C@@H]3[C@H](CO)Nc4ccc(-c5cccc(NC(=O)COCCOCCNc6cccc7c6C(=O)N(C6CCC(=O)NC6=O)C7=O)c5)cc4[C@@H]32)cc1. The molecule has 17 heteroatoms. The Morgan fingerprint density at radius 1 is 0.885 bits per heavy atom. The topological polar surface area (TPSA) is 213 Å². The Hall–Kier alpha value is -5.98. The van der Waals surface area contributed by atoms with Crippen LogP contribution in [0.25, 0.3) is 11.1 Å². The summed E-state index contributed by atoms with van der Waals surface area (Å²) >= 11 is 0. The van der Waals surface area contributed by atoms with E-state index < -0.39 is 45.7 Å². The summed E-state index contributed by atoms with van der Waals surface area (Å²) in [6.07, 6.45) is 0.705. The Bertz CT molecular complexity index is 2500. The van der Waals surface area contributed by atoms with Crippen LogP contribution in [0.4, 0.5) is 17.1 Å². The van der Waals surface area contributed by atoms with Gasteiger partial charge in [0, 0.05) is 42.5 Å². The van der Waals surface area contributed by atoms with Crippen LogP contribution >= 0.6 is 0 Å². The van der Waals surface area contributed by atoms with E-state index in [-0.39, 0.29) is 79.8 Å². The van der Waals surface area contributed by atoms with Gasteiger partial charge in [0.1, 0.15) is 12.6 Å². The van der Waals surface area contributed by atoms with Crippen molar-refractivity contribution < 1.29 is 47.0 Å². The number of aliphatic hydroxyl groups excluding tert-OH is 1. The van der Waals surface area contributed by atoms with E-state index in [1.54, 1.807) is 46.8 Å². The quantitative estimate of drug-likeness (QED) is 0.0857. The number of imide groups is 2. The first-order chi connectivity index (χ1) is 29.4. The van der Waals surface area contributed by atoms with Gasteiger partial charge >= 0.3 is 0 Å². The summed E-state index contributed by atoms with van der Waals surface area (Å²) in [4.78, 5) is 64.3. The highest BCUT2D eigenvalue weighted by molar-refractivity contribution is 7.89. The van der Waals surface area contributed by atoms with Crippen LogP contribution in [0.15, 0.2) is 89.8 Å². The molecule has 4 aliphatic rings. The van der Waals surface area contributed by atoms with E-state index in [0.717, 1.165) is 32.8 Å². The predicted octanol–water partition coefficient (Wildman–Crippen LogP) is 3.69. The smallest absolute Gasteiger partial charge is 0.264 e. The van der Waals surface area contributed by atoms with Gasteiger partial charge in [0.05, 0.1) is 54.5 Å². The first-order valence-electron chi connectivity index (χ1n) is 20.2. The van der Waals surface area contributed by atoms with Gasteiger partial charge in [-0.3, -0.25) is 34.2 Å². The number of aliphatic hydroxyl groups is 1. The first-order valence-corrected chi connectivity index (χ1v) is 21.6. The number of nitrogens with one attached hydrogen (secondary N) is 4. The van der Waals surface area contributed by atoms with Gasteiger partial charge in [0.15, 0.2) is 0 Å². The molecule has 0 radical (unpaired) electrons. The Balaban J connectivity index is 0.820. The molecule has 5 amide bonds. The summed E-state index contributed by atoms with van der Waals surface area (Å²) in [5.41, 5.74) is 5.53. The van der Waals surface area contributed by atoms with Gasteiger partial charge in [0.25, 0.3) is 11.8 Å². The molecule has 2 saturated heterocycles. The van der Waals surface area contributed by atoms with Crippen molar-refractivity contribution in [1.29, 1.82) is 0 Å². The predicted molar refractivity (Wildman–Crippen MR) is 224 cm³/mol. The minimum Gasteiger partial charge on any atom is -0.394 e. The van der Waals surface area contributed by atoms with Crippen molar-refractivity contribution in [3.63, 3.8) is 0 Å². The third-order valence-corrected chi connectivity index (χ3v) is 13.5. The van der Waals surface area contributed by atoms with E-state index in [9.17, 15) is 37.5 Å². The number of aryl methyl sites for hydroxylation is 1. The number of rotatable bonds is 15. The largest absolute Gasteiger partial charge is 0.394 e. The molecule has 0 aromatic heterocycles. The summed E-state index contributed by atoms with van der Waals surface area (Å²) in [5, 5.41) is 21.8. The average molecular weight is 851 g/mol.